The molecule has 1 unspecified atom stereocenters. The molecule has 0 N–H and O–H groups in total. The number of hydrogen-bond donors (Lipinski definition) is 0. The third-order valence-electron chi connectivity index (χ3n) is 6.48. The van der Waals surface area contributed by atoms with E-state index < -0.39 is 14.2 Å². The van der Waals surface area contributed by atoms with Gasteiger partial charge in [-0.15, -0.1) is 0 Å². The van der Waals surface area contributed by atoms with Crippen molar-refractivity contribution >= 4 is 24.8 Å². The Labute approximate surface area is 248 Å². The van der Waals surface area contributed by atoms with Crippen LogP contribution in [-0.4, -0.2) is 14.0 Å². The maximum absolute atomic E-state index is 12.3. The van der Waals surface area contributed by atoms with Crippen molar-refractivity contribution in [1.29, 1.82) is 0 Å². The Morgan fingerprint density at radius 2 is 1.07 bits per heavy atom. The third kappa shape index (κ3) is 7.56. The molecule has 0 spiro atoms. The van der Waals surface area contributed by atoms with Gasteiger partial charge in [0.05, 0.1) is 0 Å². The summed E-state index contributed by atoms with van der Waals surface area (Å²) in [5.74, 6) is 9.65. The standard InChI is InChI=1S/C39H28O2Si/c1-32(40)41-39(38-23-13-21-36-20-11-12-22-37(36)38)27-31-42(28-24-33-14-5-2-6-15-33,29-25-34-16-7-3-8-17-34)30-26-35-18-9-4-10-19-35/h2-23,27,31,39H,1H3/b31-27+. The molecule has 200 valence electrons. The van der Waals surface area contributed by atoms with Crippen molar-refractivity contribution in [1.82, 2.24) is 0 Å². The molecule has 0 aliphatic rings. The molecule has 2 nitrogen and oxygen atoms in total. The molecule has 0 aliphatic heterocycles. The van der Waals surface area contributed by atoms with E-state index in [2.05, 4.69) is 46.5 Å². The molecular formula is C39H28O2Si. The first-order chi connectivity index (χ1) is 20.6. The zero-order chi connectivity index (χ0) is 29.0. The molecule has 0 saturated carbocycles. The van der Waals surface area contributed by atoms with Crippen LogP contribution in [-0.2, 0) is 9.53 Å². The molecule has 0 amide bonds. The minimum atomic E-state index is -3.11. The first-order valence-electron chi connectivity index (χ1n) is 13.7. The van der Waals surface area contributed by atoms with E-state index in [1.54, 1.807) is 0 Å². The van der Waals surface area contributed by atoms with E-state index in [9.17, 15) is 4.79 Å². The van der Waals surface area contributed by atoms with Crippen LogP contribution in [0.3, 0.4) is 0 Å². The van der Waals surface area contributed by atoms with Gasteiger partial charge < -0.3 is 4.74 Å². The van der Waals surface area contributed by atoms with Crippen LogP contribution in [0.25, 0.3) is 10.8 Å². The normalized spacial score (nSPS) is 11.3. The zero-order valence-electron chi connectivity index (χ0n) is 23.3. The summed E-state index contributed by atoms with van der Waals surface area (Å²) in [6.07, 6.45) is 1.28. The summed E-state index contributed by atoms with van der Waals surface area (Å²) in [4.78, 5) is 12.3. The smallest absolute Gasteiger partial charge is 0.315 e. The molecule has 0 heterocycles. The fourth-order valence-electron chi connectivity index (χ4n) is 4.41. The lowest BCUT2D eigenvalue weighted by Crippen LogP contribution is -2.28. The number of carbonyl (C=O) groups is 1. The first-order valence-corrected chi connectivity index (χ1v) is 15.8. The van der Waals surface area contributed by atoms with E-state index >= 15 is 0 Å². The maximum Gasteiger partial charge on any atom is 0.315 e. The van der Waals surface area contributed by atoms with Crippen LogP contribution in [0.5, 0.6) is 0 Å². The minimum Gasteiger partial charge on any atom is -0.453 e. The number of esters is 1. The fourth-order valence-corrected chi connectivity index (χ4v) is 6.34. The van der Waals surface area contributed by atoms with Gasteiger partial charge in [-0.05, 0) is 53.2 Å². The van der Waals surface area contributed by atoms with Gasteiger partial charge in [-0.3, -0.25) is 4.79 Å². The number of carbonyl (C=O) groups excluding carboxylic acids is 1. The number of hydrogen-bond acceptors (Lipinski definition) is 2. The van der Waals surface area contributed by atoms with Crippen molar-refractivity contribution in [2.45, 2.75) is 13.0 Å². The van der Waals surface area contributed by atoms with E-state index in [1.807, 2.05) is 133 Å². The highest BCUT2D eigenvalue weighted by Gasteiger charge is 2.26. The van der Waals surface area contributed by atoms with Crippen molar-refractivity contribution < 1.29 is 9.53 Å². The van der Waals surface area contributed by atoms with Gasteiger partial charge in [0, 0.05) is 29.2 Å². The molecule has 0 radical (unpaired) electrons. The molecule has 0 aromatic heterocycles. The second-order valence-corrected chi connectivity index (χ2v) is 12.3. The molecule has 3 heteroatoms. The van der Waals surface area contributed by atoms with Crippen LogP contribution >= 0.6 is 0 Å². The van der Waals surface area contributed by atoms with E-state index in [0.717, 1.165) is 33.0 Å². The van der Waals surface area contributed by atoms with Crippen molar-refractivity contribution in [3.63, 3.8) is 0 Å². The number of ether oxygens (including phenoxy) is 1. The average Bonchev–Trinajstić information content (AvgIpc) is 3.04. The quantitative estimate of drug-likeness (QED) is 0.128. The van der Waals surface area contributed by atoms with Gasteiger partial charge >= 0.3 is 14.0 Å². The topological polar surface area (TPSA) is 26.3 Å². The third-order valence-corrected chi connectivity index (χ3v) is 8.73. The highest BCUT2D eigenvalue weighted by atomic mass is 28.3. The Balaban J connectivity index is 1.69. The number of benzene rings is 5. The highest BCUT2D eigenvalue weighted by Crippen LogP contribution is 2.28. The van der Waals surface area contributed by atoms with Crippen molar-refractivity contribution in [2.24, 2.45) is 0 Å². The molecule has 1 atom stereocenters. The molecule has 5 aromatic carbocycles. The predicted molar refractivity (Wildman–Crippen MR) is 173 cm³/mol. The lowest BCUT2D eigenvalue weighted by atomic mass is 10.0. The van der Waals surface area contributed by atoms with Crippen LogP contribution in [0.4, 0.5) is 0 Å². The van der Waals surface area contributed by atoms with Crippen molar-refractivity contribution in [2.75, 3.05) is 0 Å². The fraction of sp³-hybridized carbons (Fsp3) is 0.0513. The number of rotatable bonds is 4. The molecule has 5 rings (SSSR count). The van der Waals surface area contributed by atoms with Crippen molar-refractivity contribution in [3.05, 3.63) is 167 Å². The minimum absolute atomic E-state index is 0.369. The molecule has 5 aromatic rings. The van der Waals surface area contributed by atoms with Gasteiger partial charge in [-0.1, -0.05) is 137 Å². The lowest BCUT2D eigenvalue weighted by Gasteiger charge is -2.17. The summed E-state index contributed by atoms with van der Waals surface area (Å²) in [6, 6.07) is 43.6. The van der Waals surface area contributed by atoms with Crippen LogP contribution < -0.4 is 0 Å². The second-order valence-electron chi connectivity index (χ2n) is 9.61. The Kier molecular flexibility index (Phi) is 9.13. The maximum atomic E-state index is 12.3. The molecule has 0 saturated heterocycles. The molecule has 0 fully saturated rings. The van der Waals surface area contributed by atoms with Crippen LogP contribution in [0.15, 0.2) is 145 Å². The van der Waals surface area contributed by atoms with Crippen LogP contribution in [0.1, 0.15) is 35.3 Å². The summed E-state index contributed by atoms with van der Waals surface area (Å²) >= 11 is 0. The van der Waals surface area contributed by atoms with E-state index in [0.29, 0.717) is 0 Å². The molecule has 42 heavy (non-hydrogen) atoms. The summed E-state index contributed by atoms with van der Waals surface area (Å²) in [5, 5.41) is 2.09. The molecular weight excluding hydrogens is 529 g/mol. The largest absolute Gasteiger partial charge is 0.453 e. The molecule has 0 bridgehead atoms. The van der Waals surface area contributed by atoms with Gasteiger partial charge in [-0.2, -0.15) is 0 Å². The Bertz CT molecular complexity index is 1750. The van der Waals surface area contributed by atoms with E-state index in [4.69, 9.17) is 4.74 Å². The van der Waals surface area contributed by atoms with Crippen molar-refractivity contribution in [3.8, 4) is 34.4 Å². The lowest BCUT2D eigenvalue weighted by molar-refractivity contribution is -0.144. The Morgan fingerprint density at radius 1 is 0.619 bits per heavy atom. The summed E-state index contributed by atoms with van der Waals surface area (Å²) in [7, 11) is -3.11. The second kappa shape index (κ2) is 13.7. The summed E-state index contributed by atoms with van der Waals surface area (Å²) < 4.78 is 5.88. The first kappa shape index (κ1) is 28.0. The van der Waals surface area contributed by atoms with E-state index in [1.165, 1.54) is 6.92 Å². The Morgan fingerprint density at radius 3 is 1.57 bits per heavy atom. The summed E-state index contributed by atoms with van der Waals surface area (Å²) in [6.45, 7) is 1.43. The van der Waals surface area contributed by atoms with Crippen LogP contribution in [0, 0.1) is 34.4 Å². The zero-order valence-corrected chi connectivity index (χ0v) is 24.3. The average molecular weight is 557 g/mol. The SMILES string of the molecule is CC(=O)OC(/C=C/[Si](C#Cc1ccccc1)(C#Cc1ccccc1)C#Cc1ccccc1)c1cccc2ccccc12. The van der Waals surface area contributed by atoms with Gasteiger partial charge in [0.25, 0.3) is 0 Å². The van der Waals surface area contributed by atoms with Gasteiger partial charge in [0.15, 0.2) is 0 Å². The van der Waals surface area contributed by atoms with E-state index in [-0.39, 0.29) is 5.97 Å². The highest BCUT2D eigenvalue weighted by molar-refractivity contribution is 7.04. The van der Waals surface area contributed by atoms with Gasteiger partial charge in [0.1, 0.15) is 6.10 Å². The summed E-state index contributed by atoms with van der Waals surface area (Å²) in [5.41, 5.74) is 16.1. The number of fused-ring (bicyclic) bond motifs is 1. The van der Waals surface area contributed by atoms with Gasteiger partial charge in [-0.25, -0.2) is 0 Å². The predicted octanol–water partition coefficient (Wildman–Crippen LogP) is 7.76. The Hall–Kier alpha value is -5.53. The van der Waals surface area contributed by atoms with Crippen LogP contribution in [0.2, 0.25) is 0 Å². The molecule has 0 aliphatic carbocycles. The van der Waals surface area contributed by atoms with Gasteiger partial charge in [0.2, 0.25) is 0 Å². The monoisotopic (exact) mass is 556 g/mol.